The number of nitrogens with zero attached hydrogens (tertiary/aromatic N) is 1. The van der Waals surface area contributed by atoms with E-state index in [1.807, 2.05) is 30.0 Å². The van der Waals surface area contributed by atoms with Crippen LogP contribution in [0.5, 0.6) is 0 Å². The van der Waals surface area contributed by atoms with Crippen LogP contribution in [0.25, 0.3) is 0 Å². The Bertz CT molecular complexity index is 470. The highest BCUT2D eigenvalue weighted by Gasteiger charge is 2.22. The third-order valence-corrected chi connectivity index (χ3v) is 5.02. The number of carbonyl (C=O) groups excluding carboxylic acids is 1. The van der Waals surface area contributed by atoms with Gasteiger partial charge in [0.05, 0.1) is 5.56 Å². The monoisotopic (exact) mass is 338 g/mol. The first-order valence-corrected chi connectivity index (χ1v) is 8.18. The van der Waals surface area contributed by atoms with Gasteiger partial charge in [0.25, 0.3) is 5.91 Å². The van der Waals surface area contributed by atoms with Gasteiger partial charge in [-0.25, -0.2) is 0 Å². The SMILES string of the molecule is CCN(CC1CCCNC1)C(=O)c1cccc(C)c1Br. The average molecular weight is 339 g/mol. The molecule has 4 heteroatoms. The van der Waals surface area contributed by atoms with Crippen molar-refractivity contribution in [2.75, 3.05) is 26.2 Å². The van der Waals surface area contributed by atoms with Gasteiger partial charge in [0.1, 0.15) is 0 Å². The van der Waals surface area contributed by atoms with E-state index in [2.05, 4.69) is 28.2 Å². The van der Waals surface area contributed by atoms with Gasteiger partial charge in [0.2, 0.25) is 0 Å². The van der Waals surface area contributed by atoms with Gasteiger partial charge in [-0.1, -0.05) is 12.1 Å². The van der Waals surface area contributed by atoms with Crippen molar-refractivity contribution in [1.29, 1.82) is 0 Å². The molecule has 20 heavy (non-hydrogen) atoms. The molecule has 1 heterocycles. The van der Waals surface area contributed by atoms with E-state index in [9.17, 15) is 4.79 Å². The van der Waals surface area contributed by atoms with Crippen molar-refractivity contribution >= 4 is 21.8 Å². The molecule has 1 unspecified atom stereocenters. The van der Waals surface area contributed by atoms with Crippen molar-refractivity contribution in [2.24, 2.45) is 5.92 Å². The summed E-state index contributed by atoms with van der Waals surface area (Å²) in [4.78, 5) is 14.7. The molecule has 0 aliphatic carbocycles. The van der Waals surface area contributed by atoms with Crippen molar-refractivity contribution in [3.63, 3.8) is 0 Å². The van der Waals surface area contributed by atoms with Gasteiger partial charge in [-0.3, -0.25) is 4.79 Å². The lowest BCUT2D eigenvalue weighted by Gasteiger charge is -2.29. The number of hydrogen-bond acceptors (Lipinski definition) is 2. The molecule has 1 aromatic carbocycles. The molecular weight excluding hydrogens is 316 g/mol. The van der Waals surface area contributed by atoms with Gasteiger partial charge >= 0.3 is 0 Å². The predicted molar refractivity (Wildman–Crippen MR) is 86.1 cm³/mol. The third-order valence-electron chi connectivity index (χ3n) is 3.97. The molecule has 1 aromatic rings. The minimum Gasteiger partial charge on any atom is -0.339 e. The number of halogens is 1. The van der Waals surface area contributed by atoms with Gasteiger partial charge in [0, 0.05) is 17.6 Å². The Hall–Kier alpha value is -0.870. The molecule has 3 nitrogen and oxygen atoms in total. The molecule has 1 saturated heterocycles. The Balaban J connectivity index is 2.10. The number of benzene rings is 1. The smallest absolute Gasteiger partial charge is 0.255 e. The van der Waals surface area contributed by atoms with Crippen LogP contribution in [-0.2, 0) is 0 Å². The molecule has 0 aromatic heterocycles. The van der Waals surface area contributed by atoms with Crippen LogP contribution in [0.1, 0.15) is 35.7 Å². The fraction of sp³-hybridized carbons (Fsp3) is 0.562. The van der Waals surface area contributed by atoms with Crippen LogP contribution in [0.2, 0.25) is 0 Å². The zero-order valence-electron chi connectivity index (χ0n) is 12.3. The maximum absolute atomic E-state index is 12.7. The second kappa shape index (κ2) is 7.23. The van der Waals surface area contributed by atoms with Gasteiger partial charge < -0.3 is 10.2 Å². The predicted octanol–water partition coefficient (Wildman–Crippen LogP) is 3.22. The van der Waals surface area contributed by atoms with E-state index in [0.717, 1.165) is 41.8 Å². The van der Waals surface area contributed by atoms with Gasteiger partial charge in [-0.2, -0.15) is 0 Å². The van der Waals surface area contributed by atoms with Crippen molar-refractivity contribution in [3.8, 4) is 0 Å². The molecule has 1 fully saturated rings. The minimum absolute atomic E-state index is 0.133. The maximum Gasteiger partial charge on any atom is 0.255 e. The zero-order chi connectivity index (χ0) is 14.5. The van der Waals surface area contributed by atoms with Crippen LogP contribution >= 0.6 is 15.9 Å². The largest absolute Gasteiger partial charge is 0.339 e. The van der Waals surface area contributed by atoms with Crippen LogP contribution < -0.4 is 5.32 Å². The van der Waals surface area contributed by atoms with Crippen LogP contribution in [0.3, 0.4) is 0 Å². The van der Waals surface area contributed by atoms with Crippen LogP contribution in [0.15, 0.2) is 22.7 Å². The summed E-state index contributed by atoms with van der Waals surface area (Å²) in [7, 11) is 0. The molecule has 0 saturated carbocycles. The quantitative estimate of drug-likeness (QED) is 0.914. The number of piperidine rings is 1. The average Bonchev–Trinajstić information content (AvgIpc) is 2.48. The van der Waals surface area contributed by atoms with E-state index in [4.69, 9.17) is 0 Å². The van der Waals surface area contributed by atoms with Crippen molar-refractivity contribution < 1.29 is 4.79 Å². The van der Waals surface area contributed by atoms with Crippen LogP contribution in [0, 0.1) is 12.8 Å². The lowest BCUT2D eigenvalue weighted by Crippen LogP contribution is -2.41. The van der Waals surface area contributed by atoms with E-state index < -0.39 is 0 Å². The summed E-state index contributed by atoms with van der Waals surface area (Å²) in [6.07, 6.45) is 2.43. The summed E-state index contributed by atoms with van der Waals surface area (Å²) in [5, 5.41) is 3.42. The number of rotatable bonds is 4. The molecule has 0 radical (unpaired) electrons. The van der Waals surface area contributed by atoms with E-state index in [0.29, 0.717) is 5.92 Å². The summed E-state index contributed by atoms with van der Waals surface area (Å²) in [6.45, 7) is 7.82. The molecule has 1 aliphatic rings. The summed E-state index contributed by atoms with van der Waals surface area (Å²) >= 11 is 3.54. The number of hydrogen-bond donors (Lipinski definition) is 1. The fourth-order valence-corrected chi connectivity index (χ4v) is 3.16. The van der Waals surface area contributed by atoms with Crippen LogP contribution in [-0.4, -0.2) is 37.0 Å². The van der Waals surface area contributed by atoms with Crippen molar-refractivity contribution in [1.82, 2.24) is 10.2 Å². The topological polar surface area (TPSA) is 32.3 Å². The standard InChI is InChI=1S/C16H23BrN2O/c1-3-19(11-13-7-5-9-18-10-13)16(20)14-8-4-6-12(2)15(14)17/h4,6,8,13,18H,3,5,7,9-11H2,1-2H3. The van der Waals surface area contributed by atoms with E-state index in [-0.39, 0.29) is 5.91 Å². The van der Waals surface area contributed by atoms with Gasteiger partial charge in [-0.15, -0.1) is 0 Å². The van der Waals surface area contributed by atoms with E-state index >= 15 is 0 Å². The molecular formula is C16H23BrN2O. The van der Waals surface area contributed by atoms with Gasteiger partial charge in [-0.05, 0) is 73.3 Å². The Kier molecular flexibility index (Phi) is 5.61. The first kappa shape index (κ1) is 15.5. The van der Waals surface area contributed by atoms with Gasteiger partial charge in [0.15, 0.2) is 0 Å². The molecule has 1 atom stereocenters. The lowest BCUT2D eigenvalue weighted by atomic mass is 9.98. The van der Waals surface area contributed by atoms with Crippen molar-refractivity contribution in [2.45, 2.75) is 26.7 Å². The zero-order valence-corrected chi connectivity index (χ0v) is 13.9. The highest BCUT2D eigenvalue weighted by molar-refractivity contribution is 9.10. The molecule has 0 spiro atoms. The Morgan fingerprint density at radius 2 is 2.30 bits per heavy atom. The minimum atomic E-state index is 0.133. The first-order chi connectivity index (χ1) is 9.63. The summed E-state index contributed by atoms with van der Waals surface area (Å²) in [5.41, 5.74) is 1.88. The second-order valence-electron chi connectivity index (χ2n) is 5.49. The second-order valence-corrected chi connectivity index (χ2v) is 6.29. The van der Waals surface area contributed by atoms with Crippen LogP contribution in [0.4, 0.5) is 0 Å². The third kappa shape index (κ3) is 3.61. The molecule has 2 rings (SSSR count). The molecule has 110 valence electrons. The number of amides is 1. The van der Waals surface area contributed by atoms with E-state index in [1.165, 1.54) is 12.8 Å². The highest BCUT2D eigenvalue weighted by Crippen LogP contribution is 2.23. The molecule has 1 aliphatic heterocycles. The Labute approximate surface area is 129 Å². The Morgan fingerprint density at radius 3 is 2.95 bits per heavy atom. The number of aryl methyl sites for hydroxylation is 1. The molecule has 1 amide bonds. The highest BCUT2D eigenvalue weighted by atomic mass is 79.9. The first-order valence-electron chi connectivity index (χ1n) is 7.38. The number of carbonyl (C=O) groups is 1. The number of nitrogens with one attached hydrogen (secondary N) is 1. The maximum atomic E-state index is 12.7. The molecule has 0 bridgehead atoms. The Morgan fingerprint density at radius 1 is 1.50 bits per heavy atom. The summed E-state index contributed by atoms with van der Waals surface area (Å²) in [5.74, 6) is 0.713. The lowest BCUT2D eigenvalue weighted by molar-refractivity contribution is 0.0728. The fourth-order valence-electron chi connectivity index (χ4n) is 2.73. The summed E-state index contributed by atoms with van der Waals surface area (Å²) in [6, 6.07) is 5.87. The molecule has 1 N–H and O–H groups in total. The normalized spacial score (nSPS) is 18.9. The van der Waals surface area contributed by atoms with Crippen molar-refractivity contribution in [3.05, 3.63) is 33.8 Å². The summed E-state index contributed by atoms with van der Waals surface area (Å²) < 4.78 is 0.921. The van der Waals surface area contributed by atoms with E-state index in [1.54, 1.807) is 0 Å².